The molecule has 1 saturated heterocycles. The molecule has 20 heavy (non-hydrogen) atoms. The van der Waals surface area contributed by atoms with E-state index in [1.54, 1.807) is 24.0 Å². The quantitative estimate of drug-likeness (QED) is 0.915. The predicted molar refractivity (Wildman–Crippen MR) is 74.0 cm³/mol. The van der Waals surface area contributed by atoms with E-state index >= 15 is 0 Å². The predicted octanol–water partition coefficient (Wildman–Crippen LogP) is 2.08. The summed E-state index contributed by atoms with van der Waals surface area (Å²) in [5.74, 6) is -0.890. The van der Waals surface area contributed by atoms with Gasteiger partial charge in [0.25, 0.3) is 5.91 Å². The van der Waals surface area contributed by atoms with E-state index in [4.69, 9.17) is 9.84 Å². The molecule has 0 saturated carbocycles. The minimum atomic E-state index is -1.05. The van der Waals surface area contributed by atoms with Crippen LogP contribution in [0.15, 0.2) is 18.2 Å². The van der Waals surface area contributed by atoms with Crippen molar-refractivity contribution in [2.24, 2.45) is 0 Å². The lowest BCUT2D eigenvalue weighted by Gasteiger charge is -2.22. The van der Waals surface area contributed by atoms with Crippen molar-refractivity contribution in [2.45, 2.75) is 32.8 Å². The largest absolute Gasteiger partial charge is 0.480 e. The molecule has 1 aliphatic rings. The monoisotopic (exact) mass is 277 g/mol. The molecule has 1 heterocycles. The molecule has 5 heteroatoms. The van der Waals surface area contributed by atoms with Gasteiger partial charge in [-0.3, -0.25) is 4.79 Å². The Hall–Kier alpha value is -2.04. The van der Waals surface area contributed by atoms with E-state index in [1.807, 2.05) is 6.92 Å². The van der Waals surface area contributed by atoms with Crippen LogP contribution in [0.25, 0.3) is 0 Å². The van der Waals surface area contributed by atoms with Crippen molar-refractivity contribution in [2.75, 3.05) is 13.1 Å². The number of aryl methyl sites for hydroxylation is 1. The van der Waals surface area contributed by atoms with Crippen LogP contribution >= 0.6 is 0 Å². The van der Waals surface area contributed by atoms with E-state index in [9.17, 15) is 9.59 Å². The Morgan fingerprint density at radius 2 is 1.95 bits per heavy atom. The Kier molecular flexibility index (Phi) is 4.27. The minimum absolute atomic E-state index is 0.0803. The first-order valence-electron chi connectivity index (χ1n) is 6.78. The van der Waals surface area contributed by atoms with Gasteiger partial charge >= 0.3 is 5.97 Å². The number of carbonyl (C=O) groups is 2. The highest BCUT2D eigenvalue weighted by Crippen LogP contribution is 2.22. The number of carboxylic acid groups (broad SMARTS) is 1. The number of hydrogen-bond acceptors (Lipinski definition) is 3. The summed E-state index contributed by atoms with van der Waals surface area (Å²) in [6.07, 6.45) is 1.36. The molecule has 1 atom stereocenters. The summed E-state index contributed by atoms with van der Waals surface area (Å²) >= 11 is 0. The lowest BCUT2D eigenvalue weighted by molar-refractivity contribution is -0.136. The van der Waals surface area contributed by atoms with Gasteiger partial charge in [0.2, 0.25) is 0 Å². The van der Waals surface area contributed by atoms with Crippen LogP contribution in [0.4, 0.5) is 0 Å². The van der Waals surface area contributed by atoms with Gasteiger partial charge in [-0.15, -0.1) is 0 Å². The molecule has 2 rings (SSSR count). The van der Waals surface area contributed by atoms with Gasteiger partial charge in [-0.1, -0.05) is 6.07 Å². The molecule has 0 spiro atoms. The van der Waals surface area contributed by atoms with E-state index in [0.29, 0.717) is 0 Å². The van der Waals surface area contributed by atoms with Gasteiger partial charge in [-0.05, 0) is 44.4 Å². The summed E-state index contributed by atoms with van der Waals surface area (Å²) < 4.78 is 5.59. The van der Waals surface area contributed by atoms with Gasteiger partial charge in [0.1, 0.15) is 11.3 Å². The number of likely N-dealkylation sites (tertiary alicyclic amines) is 1. The fraction of sp³-hybridized carbons (Fsp3) is 0.467. The fourth-order valence-electron chi connectivity index (χ4n) is 2.34. The maximum absolute atomic E-state index is 12.2. The third-order valence-electron chi connectivity index (χ3n) is 3.44. The molecular weight excluding hydrogens is 258 g/mol. The van der Waals surface area contributed by atoms with Crippen molar-refractivity contribution >= 4 is 11.9 Å². The molecule has 0 radical (unpaired) electrons. The van der Waals surface area contributed by atoms with Crippen LogP contribution in [-0.4, -0.2) is 41.1 Å². The van der Waals surface area contributed by atoms with Crippen LogP contribution in [-0.2, 0) is 4.79 Å². The van der Waals surface area contributed by atoms with Crippen LogP contribution in [0.1, 0.15) is 35.7 Å². The zero-order valence-corrected chi connectivity index (χ0v) is 11.8. The molecule has 1 aromatic rings. The summed E-state index contributed by atoms with van der Waals surface area (Å²) in [4.78, 5) is 25.1. The van der Waals surface area contributed by atoms with Gasteiger partial charge in [-0.25, -0.2) is 4.79 Å². The van der Waals surface area contributed by atoms with Crippen LogP contribution in [0, 0.1) is 6.92 Å². The van der Waals surface area contributed by atoms with Crippen LogP contribution in [0.3, 0.4) is 0 Å². The summed E-state index contributed by atoms with van der Waals surface area (Å²) in [6, 6.07) is 4.86. The second-order valence-corrected chi connectivity index (χ2v) is 5.10. The molecule has 1 fully saturated rings. The lowest BCUT2D eigenvalue weighted by Crippen LogP contribution is -2.38. The topological polar surface area (TPSA) is 66.8 Å². The molecule has 0 aromatic heterocycles. The van der Waals surface area contributed by atoms with Gasteiger partial charge in [0, 0.05) is 13.1 Å². The second kappa shape index (κ2) is 5.94. The van der Waals surface area contributed by atoms with E-state index in [-0.39, 0.29) is 17.2 Å². The Labute approximate surface area is 118 Å². The standard InChI is InChI=1S/C15H19NO4/c1-10-5-6-12(15(18)19)13(9-10)20-11(2)14(17)16-7-3-4-8-16/h5-6,9,11H,3-4,7-8H2,1-2H3,(H,18,19). The van der Waals surface area contributed by atoms with Crippen molar-refractivity contribution in [1.82, 2.24) is 4.90 Å². The van der Waals surface area contributed by atoms with E-state index in [2.05, 4.69) is 0 Å². The smallest absolute Gasteiger partial charge is 0.339 e. The van der Waals surface area contributed by atoms with Gasteiger partial charge in [-0.2, -0.15) is 0 Å². The van der Waals surface area contributed by atoms with E-state index in [0.717, 1.165) is 31.5 Å². The Bertz CT molecular complexity index is 521. The second-order valence-electron chi connectivity index (χ2n) is 5.10. The highest BCUT2D eigenvalue weighted by molar-refractivity contribution is 5.91. The van der Waals surface area contributed by atoms with Crippen LogP contribution < -0.4 is 4.74 Å². The Morgan fingerprint density at radius 1 is 1.30 bits per heavy atom. The van der Waals surface area contributed by atoms with Crippen molar-refractivity contribution in [3.05, 3.63) is 29.3 Å². The zero-order valence-electron chi connectivity index (χ0n) is 11.8. The minimum Gasteiger partial charge on any atom is -0.480 e. The Balaban J connectivity index is 2.14. The SMILES string of the molecule is Cc1ccc(C(=O)O)c(OC(C)C(=O)N2CCCC2)c1. The van der Waals surface area contributed by atoms with E-state index < -0.39 is 12.1 Å². The molecular formula is C15H19NO4. The van der Waals surface area contributed by atoms with Crippen molar-refractivity contribution in [1.29, 1.82) is 0 Å². The zero-order chi connectivity index (χ0) is 14.7. The summed E-state index contributed by atoms with van der Waals surface area (Å²) in [5.41, 5.74) is 0.975. The molecule has 0 aliphatic carbocycles. The molecule has 5 nitrogen and oxygen atoms in total. The lowest BCUT2D eigenvalue weighted by atomic mass is 10.1. The van der Waals surface area contributed by atoms with Crippen LogP contribution in [0.5, 0.6) is 5.75 Å². The number of rotatable bonds is 4. The first kappa shape index (κ1) is 14.4. The number of nitrogens with zero attached hydrogens (tertiary/aromatic N) is 1. The molecule has 1 aliphatic heterocycles. The summed E-state index contributed by atoms with van der Waals surface area (Å²) in [6.45, 7) is 5.03. The molecule has 1 N–H and O–H groups in total. The van der Waals surface area contributed by atoms with E-state index in [1.165, 1.54) is 6.07 Å². The van der Waals surface area contributed by atoms with Crippen molar-refractivity contribution in [3.63, 3.8) is 0 Å². The maximum atomic E-state index is 12.2. The highest BCUT2D eigenvalue weighted by atomic mass is 16.5. The average Bonchev–Trinajstić information content (AvgIpc) is 2.91. The normalized spacial score (nSPS) is 16.0. The number of carbonyl (C=O) groups excluding carboxylic acids is 1. The third-order valence-corrected chi connectivity index (χ3v) is 3.44. The maximum Gasteiger partial charge on any atom is 0.339 e. The van der Waals surface area contributed by atoms with Gasteiger partial charge < -0.3 is 14.7 Å². The van der Waals surface area contributed by atoms with Gasteiger partial charge in [0.15, 0.2) is 6.10 Å². The number of carboxylic acids is 1. The van der Waals surface area contributed by atoms with Gasteiger partial charge in [0.05, 0.1) is 0 Å². The summed E-state index contributed by atoms with van der Waals surface area (Å²) in [7, 11) is 0. The molecule has 0 bridgehead atoms. The van der Waals surface area contributed by atoms with Crippen LogP contribution in [0.2, 0.25) is 0 Å². The molecule has 1 aromatic carbocycles. The fourth-order valence-corrected chi connectivity index (χ4v) is 2.34. The highest BCUT2D eigenvalue weighted by Gasteiger charge is 2.25. The number of aromatic carboxylic acids is 1. The molecule has 1 unspecified atom stereocenters. The number of amides is 1. The summed E-state index contributed by atoms with van der Waals surface area (Å²) in [5, 5.41) is 9.14. The molecule has 108 valence electrons. The first-order chi connectivity index (χ1) is 9.49. The number of hydrogen-bond donors (Lipinski definition) is 1. The third kappa shape index (κ3) is 3.10. The first-order valence-corrected chi connectivity index (χ1v) is 6.78. The Morgan fingerprint density at radius 3 is 2.55 bits per heavy atom. The molecule has 1 amide bonds. The average molecular weight is 277 g/mol. The van der Waals surface area contributed by atoms with Crippen molar-refractivity contribution in [3.8, 4) is 5.75 Å². The number of benzene rings is 1. The van der Waals surface area contributed by atoms with Crippen molar-refractivity contribution < 1.29 is 19.4 Å². The number of ether oxygens (including phenoxy) is 1.